The fourth-order valence-corrected chi connectivity index (χ4v) is 2.82. The molecular weight excluding hydrogens is 328 g/mol. The summed E-state index contributed by atoms with van der Waals surface area (Å²) in [6.07, 6.45) is 2.09. The Kier molecular flexibility index (Phi) is 4.98. The topological polar surface area (TPSA) is 53.4 Å². The minimum Gasteiger partial charge on any atom is -0.497 e. The van der Waals surface area contributed by atoms with Gasteiger partial charge in [0.15, 0.2) is 0 Å². The molecule has 0 aliphatic rings. The highest BCUT2D eigenvalue weighted by molar-refractivity contribution is 5.81. The summed E-state index contributed by atoms with van der Waals surface area (Å²) in [7, 11) is 1.66. The number of fused-ring (bicyclic) bond motifs is 1. The lowest BCUT2D eigenvalue weighted by molar-refractivity contribution is -0.153. The molecule has 0 aliphatic heterocycles. The first-order chi connectivity index (χ1) is 12.3. The number of carbonyl (C=O) groups is 1. The molecule has 1 aromatic heterocycles. The second kappa shape index (κ2) is 7.20. The van der Waals surface area contributed by atoms with E-state index in [1.54, 1.807) is 7.11 Å². The van der Waals surface area contributed by atoms with E-state index in [0.717, 1.165) is 27.8 Å². The van der Waals surface area contributed by atoms with Gasteiger partial charge in [0.1, 0.15) is 11.4 Å². The van der Waals surface area contributed by atoms with Gasteiger partial charge in [-0.1, -0.05) is 18.2 Å². The van der Waals surface area contributed by atoms with Gasteiger partial charge < -0.3 is 9.47 Å². The molecule has 3 aromatic rings. The van der Waals surface area contributed by atoms with E-state index in [-0.39, 0.29) is 12.4 Å². The maximum absolute atomic E-state index is 12.0. The van der Waals surface area contributed by atoms with E-state index in [0.29, 0.717) is 6.54 Å². The lowest BCUT2D eigenvalue weighted by atomic mass is 10.1. The van der Waals surface area contributed by atoms with Crippen LogP contribution in [0.4, 0.5) is 0 Å². The van der Waals surface area contributed by atoms with Gasteiger partial charge in [-0.3, -0.25) is 9.48 Å². The summed E-state index contributed by atoms with van der Waals surface area (Å²) >= 11 is 0. The lowest BCUT2D eigenvalue weighted by Crippen LogP contribution is -2.24. The quantitative estimate of drug-likeness (QED) is 0.652. The number of benzene rings is 2. The first kappa shape index (κ1) is 18.0. The molecule has 0 unspecified atom stereocenters. The van der Waals surface area contributed by atoms with Gasteiger partial charge in [-0.25, -0.2) is 0 Å². The van der Waals surface area contributed by atoms with Crippen molar-refractivity contribution in [3.05, 3.63) is 59.8 Å². The zero-order chi connectivity index (χ0) is 18.7. The summed E-state index contributed by atoms with van der Waals surface area (Å²) in [6.45, 7) is 6.30. The molecule has 0 spiro atoms. The van der Waals surface area contributed by atoms with Crippen LogP contribution in [-0.4, -0.2) is 28.5 Å². The molecule has 0 radical (unpaired) electrons. The molecule has 0 amide bonds. The maximum Gasteiger partial charge on any atom is 0.310 e. The van der Waals surface area contributed by atoms with Crippen molar-refractivity contribution < 1.29 is 14.3 Å². The Morgan fingerprint density at radius 1 is 1.08 bits per heavy atom. The van der Waals surface area contributed by atoms with Crippen molar-refractivity contribution in [1.82, 2.24) is 9.78 Å². The number of carbonyl (C=O) groups excluding carboxylic acids is 1. The zero-order valence-corrected chi connectivity index (χ0v) is 15.7. The molecule has 26 heavy (non-hydrogen) atoms. The third-order valence-corrected chi connectivity index (χ3v) is 3.97. The zero-order valence-electron chi connectivity index (χ0n) is 15.7. The van der Waals surface area contributed by atoms with Crippen LogP contribution in [0.25, 0.3) is 10.9 Å². The Balaban J connectivity index is 1.75. The van der Waals surface area contributed by atoms with Crippen LogP contribution in [0.3, 0.4) is 0 Å². The van der Waals surface area contributed by atoms with E-state index in [4.69, 9.17) is 9.47 Å². The highest BCUT2D eigenvalue weighted by atomic mass is 16.6. The normalized spacial score (nSPS) is 11.5. The smallest absolute Gasteiger partial charge is 0.310 e. The first-order valence-electron chi connectivity index (χ1n) is 8.63. The molecule has 136 valence electrons. The molecule has 5 nitrogen and oxygen atoms in total. The SMILES string of the molecule is COc1ccc(Cn2ncc3cc(CC(=O)OC(C)(C)C)ccc32)cc1. The summed E-state index contributed by atoms with van der Waals surface area (Å²) in [5.41, 5.74) is 2.64. The van der Waals surface area contributed by atoms with Crippen molar-refractivity contribution in [3.63, 3.8) is 0 Å². The number of aromatic nitrogens is 2. The van der Waals surface area contributed by atoms with Gasteiger partial charge in [0.2, 0.25) is 0 Å². The highest BCUT2D eigenvalue weighted by Gasteiger charge is 2.16. The summed E-state index contributed by atoms with van der Waals surface area (Å²) in [4.78, 5) is 12.0. The molecule has 0 saturated carbocycles. The van der Waals surface area contributed by atoms with E-state index in [1.807, 2.05) is 74.1 Å². The summed E-state index contributed by atoms with van der Waals surface area (Å²) in [5.74, 6) is 0.619. The van der Waals surface area contributed by atoms with Crippen molar-refractivity contribution in [2.45, 2.75) is 39.3 Å². The molecule has 0 aliphatic carbocycles. The summed E-state index contributed by atoms with van der Waals surface area (Å²) < 4.78 is 12.5. The average molecular weight is 352 g/mol. The van der Waals surface area contributed by atoms with E-state index in [9.17, 15) is 4.79 Å². The van der Waals surface area contributed by atoms with E-state index < -0.39 is 5.60 Å². The fraction of sp³-hybridized carbons (Fsp3) is 0.333. The molecule has 0 atom stereocenters. The third-order valence-electron chi connectivity index (χ3n) is 3.97. The van der Waals surface area contributed by atoms with Crippen LogP contribution in [0, 0.1) is 0 Å². The number of ether oxygens (including phenoxy) is 2. The largest absolute Gasteiger partial charge is 0.497 e. The molecule has 0 fully saturated rings. The molecule has 2 aromatic carbocycles. The van der Waals surface area contributed by atoms with Gasteiger partial charge in [-0.05, 0) is 56.2 Å². The minimum absolute atomic E-state index is 0.220. The number of hydrogen-bond acceptors (Lipinski definition) is 4. The van der Waals surface area contributed by atoms with Crippen molar-refractivity contribution in [2.75, 3.05) is 7.11 Å². The first-order valence-corrected chi connectivity index (χ1v) is 8.63. The van der Waals surface area contributed by atoms with Crippen LogP contribution >= 0.6 is 0 Å². The molecule has 0 saturated heterocycles. The van der Waals surface area contributed by atoms with Crippen LogP contribution in [-0.2, 0) is 22.5 Å². The average Bonchev–Trinajstić information content (AvgIpc) is 2.96. The maximum atomic E-state index is 12.0. The molecule has 0 N–H and O–H groups in total. The van der Waals surface area contributed by atoms with Gasteiger partial charge in [0.05, 0.1) is 31.8 Å². The lowest BCUT2D eigenvalue weighted by Gasteiger charge is -2.19. The van der Waals surface area contributed by atoms with Crippen molar-refractivity contribution in [2.24, 2.45) is 0 Å². The monoisotopic (exact) mass is 352 g/mol. The number of hydrogen-bond donors (Lipinski definition) is 0. The number of nitrogens with zero attached hydrogens (tertiary/aromatic N) is 2. The molecule has 0 bridgehead atoms. The van der Waals surface area contributed by atoms with Gasteiger partial charge in [0.25, 0.3) is 0 Å². The fourth-order valence-electron chi connectivity index (χ4n) is 2.82. The van der Waals surface area contributed by atoms with Crippen LogP contribution in [0.1, 0.15) is 31.9 Å². The van der Waals surface area contributed by atoms with Crippen molar-refractivity contribution in [3.8, 4) is 5.75 Å². The van der Waals surface area contributed by atoms with Crippen LogP contribution in [0.5, 0.6) is 5.75 Å². The van der Waals surface area contributed by atoms with Gasteiger partial charge >= 0.3 is 5.97 Å². The van der Waals surface area contributed by atoms with Crippen LogP contribution < -0.4 is 4.74 Å². The van der Waals surface area contributed by atoms with Gasteiger partial charge in [-0.15, -0.1) is 0 Å². The number of esters is 1. The standard InChI is InChI=1S/C21H24N2O3/c1-21(2,3)26-20(24)12-16-7-10-19-17(11-16)13-22-23(19)14-15-5-8-18(25-4)9-6-15/h5-11,13H,12,14H2,1-4H3. The molecule has 1 heterocycles. The van der Waals surface area contributed by atoms with Crippen LogP contribution in [0.2, 0.25) is 0 Å². The molecule has 5 heteroatoms. The Bertz CT molecular complexity index is 905. The summed E-state index contributed by atoms with van der Waals surface area (Å²) in [6, 6.07) is 13.9. The predicted molar refractivity (Wildman–Crippen MR) is 101 cm³/mol. The molecule has 3 rings (SSSR count). The second-order valence-corrected chi connectivity index (χ2v) is 7.31. The Labute approximate surface area is 153 Å². The van der Waals surface area contributed by atoms with Crippen LogP contribution in [0.15, 0.2) is 48.7 Å². The number of rotatable bonds is 5. The van der Waals surface area contributed by atoms with E-state index in [1.165, 1.54) is 0 Å². The summed E-state index contributed by atoms with van der Waals surface area (Å²) in [5, 5.41) is 5.50. The Morgan fingerprint density at radius 2 is 1.77 bits per heavy atom. The third kappa shape index (κ3) is 4.42. The number of methoxy groups -OCH3 is 1. The Morgan fingerprint density at radius 3 is 2.42 bits per heavy atom. The second-order valence-electron chi connectivity index (χ2n) is 7.31. The van der Waals surface area contributed by atoms with Gasteiger partial charge in [-0.2, -0.15) is 5.10 Å². The van der Waals surface area contributed by atoms with Crippen molar-refractivity contribution in [1.29, 1.82) is 0 Å². The van der Waals surface area contributed by atoms with Gasteiger partial charge in [0, 0.05) is 5.39 Å². The molecular formula is C21H24N2O3. The van der Waals surface area contributed by atoms with Crippen molar-refractivity contribution >= 4 is 16.9 Å². The highest BCUT2D eigenvalue weighted by Crippen LogP contribution is 2.19. The minimum atomic E-state index is -0.468. The van der Waals surface area contributed by atoms with E-state index >= 15 is 0 Å². The predicted octanol–water partition coefficient (Wildman–Crippen LogP) is 3.98. The Hall–Kier alpha value is -2.82. The van der Waals surface area contributed by atoms with E-state index in [2.05, 4.69) is 5.10 Å².